The first kappa shape index (κ1) is 16.2. The number of halogens is 1. The minimum atomic E-state index is -0.448. The zero-order valence-corrected chi connectivity index (χ0v) is 13.4. The monoisotopic (exact) mass is 330 g/mol. The summed E-state index contributed by atoms with van der Waals surface area (Å²) in [5, 5.41) is 9.15. The van der Waals surface area contributed by atoms with Gasteiger partial charge in [-0.15, -0.1) is 0 Å². The normalized spacial score (nSPS) is 17.8. The van der Waals surface area contributed by atoms with E-state index in [1.165, 1.54) is 12.1 Å². The molecule has 0 atom stereocenters. The number of nitrogens with zero attached hydrogens (tertiary/aromatic N) is 4. The summed E-state index contributed by atoms with van der Waals surface area (Å²) >= 11 is 0. The minimum absolute atomic E-state index is 0.280. The second-order valence-electron chi connectivity index (χ2n) is 6.05. The van der Waals surface area contributed by atoms with E-state index in [2.05, 4.69) is 0 Å². The van der Waals surface area contributed by atoms with E-state index in [1.54, 1.807) is 15.9 Å². The lowest BCUT2D eigenvalue weighted by Crippen LogP contribution is -2.53. The number of hydrogen-bond donors (Lipinski definition) is 0. The van der Waals surface area contributed by atoms with Crippen molar-refractivity contribution in [2.24, 2.45) is 0 Å². The van der Waals surface area contributed by atoms with Crippen LogP contribution in [0.15, 0.2) is 18.2 Å². The van der Waals surface area contributed by atoms with Crippen LogP contribution in [0.1, 0.15) is 18.4 Å². The van der Waals surface area contributed by atoms with Crippen LogP contribution in [0, 0.1) is 17.1 Å². The molecule has 2 aliphatic heterocycles. The SMILES string of the molecule is N#Cc1cc(F)ccc1N1CCN(C(=O)C(=O)N2CCCC2)CC1. The van der Waals surface area contributed by atoms with E-state index in [1.807, 2.05) is 11.0 Å². The molecule has 0 aliphatic carbocycles. The molecule has 2 saturated heterocycles. The van der Waals surface area contributed by atoms with E-state index in [9.17, 15) is 14.0 Å². The Balaban J connectivity index is 1.62. The number of carbonyl (C=O) groups is 2. The first-order valence-corrected chi connectivity index (χ1v) is 8.13. The van der Waals surface area contributed by atoms with Gasteiger partial charge in [0.15, 0.2) is 0 Å². The zero-order valence-electron chi connectivity index (χ0n) is 13.4. The van der Waals surface area contributed by atoms with Gasteiger partial charge in [-0.3, -0.25) is 9.59 Å². The molecule has 3 rings (SSSR count). The van der Waals surface area contributed by atoms with Gasteiger partial charge in [-0.05, 0) is 31.0 Å². The van der Waals surface area contributed by atoms with Gasteiger partial charge in [0.2, 0.25) is 0 Å². The third kappa shape index (κ3) is 3.18. The lowest BCUT2D eigenvalue weighted by Gasteiger charge is -2.36. The fraction of sp³-hybridized carbons (Fsp3) is 0.471. The van der Waals surface area contributed by atoms with Crippen molar-refractivity contribution in [2.75, 3.05) is 44.2 Å². The highest BCUT2D eigenvalue weighted by Gasteiger charge is 2.31. The molecule has 1 aromatic carbocycles. The highest BCUT2D eigenvalue weighted by atomic mass is 19.1. The molecule has 0 aromatic heterocycles. The van der Waals surface area contributed by atoms with E-state index in [-0.39, 0.29) is 5.56 Å². The van der Waals surface area contributed by atoms with Crippen molar-refractivity contribution in [3.63, 3.8) is 0 Å². The van der Waals surface area contributed by atoms with Crippen molar-refractivity contribution in [3.8, 4) is 6.07 Å². The van der Waals surface area contributed by atoms with Crippen molar-refractivity contribution in [1.29, 1.82) is 5.26 Å². The molecule has 0 unspecified atom stereocenters. The molecule has 0 N–H and O–H groups in total. The van der Waals surface area contributed by atoms with Crippen molar-refractivity contribution in [1.82, 2.24) is 9.80 Å². The minimum Gasteiger partial charge on any atom is -0.367 e. The molecule has 2 amide bonds. The summed E-state index contributed by atoms with van der Waals surface area (Å²) in [4.78, 5) is 29.6. The Kier molecular flexibility index (Phi) is 4.65. The molecule has 0 bridgehead atoms. The fourth-order valence-electron chi connectivity index (χ4n) is 3.21. The fourth-order valence-corrected chi connectivity index (χ4v) is 3.21. The van der Waals surface area contributed by atoms with Crippen LogP contribution in [0.25, 0.3) is 0 Å². The van der Waals surface area contributed by atoms with Crippen molar-refractivity contribution < 1.29 is 14.0 Å². The predicted molar refractivity (Wildman–Crippen MR) is 85.7 cm³/mol. The van der Waals surface area contributed by atoms with E-state index in [0.29, 0.717) is 45.0 Å². The molecule has 2 fully saturated rings. The molecule has 2 heterocycles. The van der Waals surface area contributed by atoms with E-state index in [0.717, 1.165) is 12.8 Å². The molecule has 6 nitrogen and oxygen atoms in total. The lowest BCUT2D eigenvalue weighted by atomic mass is 10.1. The molecule has 126 valence electrons. The number of hydrogen-bond acceptors (Lipinski definition) is 4. The molecule has 1 aromatic rings. The standard InChI is InChI=1S/C17H19FN4O2/c18-14-3-4-15(13(11-14)12-19)20-7-9-22(10-8-20)17(24)16(23)21-5-1-2-6-21/h3-4,11H,1-2,5-10H2. The first-order valence-electron chi connectivity index (χ1n) is 8.13. The maximum Gasteiger partial charge on any atom is 0.312 e. The van der Waals surface area contributed by atoms with Gasteiger partial charge in [-0.2, -0.15) is 5.26 Å². The third-order valence-electron chi connectivity index (χ3n) is 4.56. The summed E-state index contributed by atoms with van der Waals surface area (Å²) in [5.41, 5.74) is 0.944. The summed E-state index contributed by atoms with van der Waals surface area (Å²) in [5.74, 6) is -1.31. The van der Waals surface area contributed by atoms with Crippen LogP contribution in [-0.4, -0.2) is 60.9 Å². The number of benzene rings is 1. The largest absolute Gasteiger partial charge is 0.367 e. The van der Waals surface area contributed by atoms with Gasteiger partial charge < -0.3 is 14.7 Å². The second kappa shape index (κ2) is 6.87. The van der Waals surface area contributed by atoms with E-state index < -0.39 is 17.6 Å². The second-order valence-corrected chi connectivity index (χ2v) is 6.05. The zero-order chi connectivity index (χ0) is 17.1. The Labute approximate surface area is 140 Å². The molecule has 2 aliphatic rings. The Hall–Kier alpha value is -2.62. The molecule has 7 heteroatoms. The summed E-state index contributed by atoms with van der Waals surface area (Å²) in [7, 11) is 0. The Bertz CT molecular complexity index is 686. The summed E-state index contributed by atoms with van der Waals surface area (Å²) in [6, 6.07) is 6.12. The van der Waals surface area contributed by atoms with Crippen LogP contribution in [0.4, 0.5) is 10.1 Å². The number of likely N-dealkylation sites (tertiary alicyclic amines) is 1. The van der Waals surface area contributed by atoms with Crippen LogP contribution < -0.4 is 4.90 Å². The van der Waals surface area contributed by atoms with Crippen LogP contribution in [-0.2, 0) is 9.59 Å². The summed E-state index contributed by atoms with van der Waals surface area (Å²) in [6.07, 6.45) is 1.91. The summed E-state index contributed by atoms with van der Waals surface area (Å²) in [6.45, 7) is 3.18. The maximum absolute atomic E-state index is 13.2. The molecule has 0 saturated carbocycles. The number of amides is 2. The molecular weight excluding hydrogens is 311 g/mol. The average molecular weight is 330 g/mol. The van der Waals surface area contributed by atoms with Crippen molar-refractivity contribution >= 4 is 17.5 Å². The number of nitriles is 1. The number of anilines is 1. The Morgan fingerprint density at radius 3 is 2.12 bits per heavy atom. The highest BCUT2D eigenvalue weighted by Crippen LogP contribution is 2.22. The summed E-state index contributed by atoms with van der Waals surface area (Å²) < 4.78 is 13.2. The smallest absolute Gasteiger partial charge is 0.312 e. The van der Waals surface area contributed by atoms with E-state index in [4.69, 9.17) is 5.26 Å². The molecule has 0 radical (unpaired) electrons. The van der Waals surface area contributed by atoms with Crippen LogP contribution >= 0.6 is 0 Å². The third-order valence-corrected chi connectivity index (χ3v) is 4.56. The lowest BCUT2D eigenvalue weighted by molar-refractivity contribution is -0.151. The molecular formula is C17H19FN4O2. The number of carbonyl (C=O) groups excluding carboxylic acids is 2. The van der Waals surface area contributed by atoms with Crippen LogP contribution in [0.2, 0.25) is 0 Å². The Morgan fingerprint density at radius 1 is 0.958 bits per heavy atom. The Morgan fingerprint density at radius 2 is 1.54 bits per heavy atom. The molecule has 0 spiro atoms. The van der Waals surface area contributed by atoms with Gasteiger partial charge in [0.05, 0.1) is 11.3 Å². The molecule has 24 heavy (non-hydrogen) atoms. The predicted octanol–water partition coefficient (Wildman–Crippen LogP) is 0.968. The van der Waals surface area contributed by atoms with Gasteiger partial charge in [-0.1, -0.05) is 0 Å². The highest BCUT2D eigenvalue weighted by molar-refractivity contribution is 6.35. The average Bonchev–Trinajstić information content (AvgIpc) is 3.15. The van der Waals surface area contributed by atoms with Crippen LogP contribution in [0.5, 0.6) is 0 Å². The first-order chi connectivity index (χ1) is 11.6. The van der Waals surface area contributed by atoms with Crippen LogP contribution in [0.3, 0.4) is 0 Å². The van der Waals surface area contributed by atoms with Crippen molar-refractivity contribution in [2.45, 2.75) is 12.8 Å². The van der Waals surface area contributed by atoms with Gasteiger partial charge >= 0.3 is 11.8 Å². The number of piperazine rings is 1. The quantitative estimate of drug-likeness (QED) is 0.720. The van der Waals surface area contributed by atoms with Gasteiger partial charge in [-0.25, -0.2) is 4.39 Å². The van der Waals surface area contributed by atoms with Gasteiger partial charge in [0.1, 0.15) is 11.9 Å². The van der Waals surface area contributed by atoms with Gasteiger partial charge in [0, 0.05) is 39.3 Å². The van der Waals surface area contributed by atoms with E-state index >= 15 is 0 Å². The topological polar surface area (TPSA) is 67.6 Å². The maximum atomic E-state index is 13.2. The van der Waals surface area contributed by atoms with Gasteiger partial charge in [0.25, 0.3) is 0 Å². The van der Waals surface area contributed by atoms with Crippen molar-refractivity contribution in [3.05, 3.63) is 29.6 Å². The number of rotatable bonds is 1.